The molecule has 32 heavy (non-hydrogen) atoms. The summed E-state index contributed by atoms with van der Waals surface area (Å²) in [5.41, 5.74) is 1.59. The zero-order chi connectivity index (χ0) is 23.1. The fourth-order valence-electron chi connectivity index (χ4n) is 2.84. The summed E-state index contributed by atoms with van der Waals surface area (Å²) in [6.07, 6.45) is 0. The molecule has 0 aliphatic rings. The van der Waals surface area contributed by atoms with Gasteiger partial charge < -0.3 is 9.47 Å². The zero-order valence-electron chi connectivity index (χ0n) is 17.5. The molecule has 0 N–H and O–H groups in total. The fourth-order valence-corrected chi connectivity index (χ4v) is 3.81. The smallest absolute Gasteiger partial charge is 0.350 e. The van der Waals surface area contributed by atoms with Gasteiger partial charge in [-0.25, -0.2) is 14.2 Å². The monoisotopic (exact) mass is 456 g/mol. The van der Waals surface area contributed by atoms with Gasteiger partial charge >= 0.3 is 11.9 Å². The van der Waals surface area contributed by atoms with Crippen molar-refractivity contribution in [2.75, 3.05) is 24.7 Å². The van der Waals surface area contributed by atoms with Crippen LogP contribution < -0.4 is 4.90 Å². The highest BCUT2D eigenvalue weighted by molar-refractivity contribution is 7.17. The Hall–Kier alpha value is -3.59. The average Bonchev–Trinajstić information content (AvgIpc) is 3.18. The lowest BCUT2D eigenvalue weighted by molar-refractivity contribution is -0.142. The number of rotatable bonds is 8. The molecule has 9 heteroatoms. The Bertz CT molecular complexity index is 1100. The molecule has 0 aliphatic heterocycles. The first-order chi connectivity index (χ1) is 15.4. The summed E-state index contributed by atoms with van der Waals surface area (Å²) >= 11 is 1.09. The standard InChI is InChI=1S/C23H21FN2O5S/c1-3-30-20(28)13-26(18-7-5-4-6-8-18)19(27)14-31-23(29)21-15(2)25-22(32-21)16-9-11-17(24)12-10-16/h4-12H,3,13-14H2,1-2H3. The first kappa shape index (κ1) is 23.1. The number of halogens is 1. The van der Waals surface area contributed by atoms with Crippen molar-refractivity contribution in [1.82, 2.24) is 4.98 Å². The minimum Gasteiger partial charge on any atom is -0.465 e. The Morgan fingerprint density at radius 2 is 1.72 bits per heavy atom. The van der Waals surface area contributed by atoms with Crippen molar-refractivity contribution in [2.45, 2.75) is 13.8 Å². The summed E-state index contributed by atoms with van der Waals surface area (Å²) in [6, 6.07) is 14.3. The van der Waals surface area contributed by atoms with Gasteiger partial charge in [0.1, 0.15) is 22.2 Å². The topological polar surface area (TPSA) is 85.8 Å². The van der Waals surface area contributed by atoms with Gasteiger partial charge in [-0.3, -0.25) is 14.5 Å². The van der Waals surface area contributed by atoms with E-state index in [1.54, 1.807) is 56.3 Å². The molecule has 0 aliphatic carbocycles. The van der Waals surface area contributed by atoms with E-state index in [0.29, 0.717) is 22.0 Å². The molecule has 7 nitrogen and oxygen atoms in total. The van der Waals surface area contributed by atoms with Crippen LogP contribution in [0.15, 0.2) is 54.6 Å². The Labute approximate surface area is 188 Å². The second-order valence-electron chi connectivity index (χ2n) is 6.64. The number of carbonyl (C=O) groups excluding carboxylic acids is 3. The second-order valence-corrected chi connectivity index (χ2v) is 7.64. The van der Waals surface area contributed by atoms with E-state index in [1.807, 2.05) is 0 Å². The number of anilines is 1. The lowest BCUT2D eigenvalue weighted by Gasteiger charge is -2.21. The van der Waals surface area contributed by atoms with Gasteiger partial charge in [-0.15, -0.1) is 11.3 Å². The lowest BCUT2D eigenvalue weighted by atomic mass is 10.2. The van der Waals surface area contributed by atoms with Crippen molar-refractivity contribution >= 4 is 34.9 Å². The van der Waals surface area contributed by atoms with E-state index in [9.17, 15) is 18.8 Å². The van der Waals surface area contributed by atoms with E-state index in [1.165, 1.54) is 17.0 Å². The summed E-state index contributed by atoms with van der Waals surface area (Å²) in [7, 11) is 0. The third-order valence-electron chi connectivity index (χ3n) is 4.36. The molecule has 3 rings (SSSR count). The molecule has 0 fully saturated rings. The van der Waals surface area contributed by atoms with Crippen LogP contribution in [-0.2, 0) is 19.1 Å². The molecule has 0 saturated heterocycles. The maximum absolute atomic E-state index is 13.1. The Morgan fingerprint density at radius 1 is 1.03 bits per heavy atom. The number of esters is 2. The van der Waals surface area contributed by atoms with Crippen molar-refractivity contribution in [1.29, 1.82) is 0 Å². The van der Waals surface area contributed by atoms with Gasteiger partial charge in [-0.05, 0) is 50.2 Å². The molecule has 1 aromatic heterocycles. The number of thiazole rings is 1. The molecule has 1 heterocycles. The third kappa shape index (κ3) is 5.76. The first-order valence-corrected chi connectivity index (χ1v) is 10.6. The number of carbonyl (C=O) groups is 3. The number of hydrogen-bond acceptors (Lipinski definition) is 7. The molecule has 0 spiro atoms. The molecule has 0 unspecified atom stereocenters. The maximum atomic E-state index is 13.1. The highest BCUT2D eigenvalue weighted by Gasteiger charge is 2.23. The van der Waals surface area contributed by atoms with E-state index in [2.05, 4.69) is 4.98 Å². The van der Waals surface area contributed by atoms with Crippen molar-refractivity contribution < 1.29 is 28.2 Å². The van der Waals surface area contributed by atoms with Gasteiger partial charge in [0.25, 0.3) is 5.91 Å². The maximum Gasteiger partial charge on any atom is 0.350 e. The highest BCUT2D eigenvalue weighted by Crippen LogP contribution is 2.28. The third-order valence-corrected chi connectivity index (χ3v) is 5.55. The van der Waals surface area contributed by atoms with Crippen molar-refractivity contribution in [2.24, 2.45) is 0 Å². The second kappa shape index (κ2) is 10.6. The Balaban J connectivity index is 1.70. The predicted octanol–water partition coefficient (Wildman–Crippen LogP) is 4.01. The van der Waals surface area contributed by atoms with Gasteiger partial charge in [0.15, 0.2) is 6.61 Å². The van der Waals surface area contributed by atoms with Crippen molar-refractivity contribution in [3.05, 3.63) is 71.0 Å². The Morgan fingerprint density at radius 3 is 2.38 bits per heavy atom. The number of aromatic nitrogens is 1. The molecular formula is C23H21FN2O5S. The number of ether oxygens (including phenoxy) is 2. The summed E-state index contributed by atoms with van der Waals surface area (Å²) in [5.74, 6) is -2.21. The highest BCUT2D eigenvalue weighted by atomic mass is 32.1. The van der Waals surface area contributed by atoms with Crippen LogP contribution in [0.4, 0.5) is 10.1 Å². The van der Waals surface area contributed by atoms with Gasteiger partial charge in [0, 0.05) is 11.3 Å². The van der Waals surface area contributed by atoms with Crippen LogP contribution in [0.3, 0.4) is 0 Å². The van der Waals surface area contributed by atoms with E-state index in [0.717, 1.165) is 11.3 Å². The van der Waals surface area contributed by atoms with E-state index in [4.69, 9.17) is 9.47 Å². The number of benzene rings is 2. The van der Waals surface area contributed by atoms with E-state index in [-0.39, 0.29) is 23.8 Å². The SMILES string of the molecule is CCOC(=O)CN(C(=O)COC(=O)c1sc(-c2ccc(F)cc2)nc1C)c1ccccc1. The van der Waals surface area contributed by atoms with E-state index >= 15 is 0 Å². The molecule has 1 amide bonds. The van der Waals surface area contributed by atoms with Gasteiger partial charge in [-0.1, -0.05) is 18.2 Å². The number of aryl methyl sites for hydroxylation is 1. The summed E-state index contributed by atoms with van der Waals surface area (Å²) in [5, 5.41) is 0.536. The van der Waals surface area contributed by atoms with Crippen LogP contribution in [0.5, 0.6) is 0 Å². The van der Waals surface area contributed by atoms with Crippen LogP contribution in [0, 0.1) is 12.7 Å². The summed E-state index contributed by atoms with van der Waals surface area (Å²) in [4.78, 5) is 43.1. The fraction of sp³-hybridized carbons (Fsp3) is 0.217. The molecular weight excluding hydrogens is 435 g/mol. The molecule has 0 radical (unpaired) electrons. The molecule has 0 atom stereocenters. The summed E-state index contributed by atoms with van der Waals surface area (Å²) in [6.45, 7) is 2.65. The number of para-hydroxylation sites is 1. The zero-order valence-corrected chi connectivity index (χ0v) is 18.4. The van der Waals surface area contributed by atoms with E-state index < -0.39 is 24.5 Å². The van der Waals surface area contributed by atoms with Gasteiger partial charge in [-0.2, -0.15) is 0 Å². The van der Waals surface area contributed by atoms with Gasteiger partial charge in [0.2, 0.25) is 0 Å². The minimum absolute atomic E-state index is 0.186. The minimum atomic E-state index is -0.703. The molecule has 3 aromatic rings. The quantitative estimate of drug-likeness (QED) is 0.476. The average molecular weight is 456 g/mol. The number of hydrogen-bond donors (Lipinski definition) is 0. The molecule has 166 valence electrons. The largest absolute Gasteiger partial charge is 0.465 e. The van der Waals surface area contributed by atoms with Crippen molar-refractivity contribution in [3.8, 4) is 10.6 Å². The number of nitrogens with zero attached hydrogens (tertiary/aromatic N) is 2. The van der Waals surface area contributed by atoms with Crippen LogP contribution >= 0.6 is 11.3 Å². The van der Waals surface area contributed by atoms with Crippen LogP contribution in [0.2, 0.25) is 0 Å². The van der Waals surface area contributed by atoms with Gasteiger partial charge in [0.05, 0.1) is 12.3 Å². The predicted molar refractivity (Wildman–Crippen MR) is 118 cm³/mol. The molecule has 0 bridgehead atoms. The van der Waals surface area contributed by atoms with Crippen LogP contribution in [-0.4, -0.2) is 42.6 Å². The summed E-state index contributed by atoms with van der Waals surface area (Å²) < 4.78 is 23.3. The van der Waals surface area contributed by atoms with Crippen molar-refractivity contribution in [3.63, 3.8) is 0 Å². The molecule has 2 aromatic carbocycles. The van der Waals surface area contributed by atoms with Crippen LogP contribution in [0.25, 0.3) is 10.6 Å². The van der Waals surface area contributed by atoms with Crippen LogP contribution in [0.1, 0.15) is 22.3 Å². The normalized spacial score (nSPS) is 10.5. The molecule has 0 saturated carbocycles. The first-order valence-electron chi connectivity index (χ1n) is 9.80. The Kier molecular flexibility index (Phi) is 7.67. The number of amides is 1. The lowest BCUT2D eigenvalue weighted by Crippen LogP contribution is -2.39.